The highest BCUT2D eigenvalue weighted by molar-refractivity contribution is 9.10. The predicted molar refractivity (Wildman–Crippen MR) is 106 cm³/mol. The van der Waals surface area contributed by atoms with Crippen molar-refractivity contribution in [3.63, 3.8) is 0 Å². The highest BCUT2D eigenvalue weighted by Crippen LogP contribution is 2.28. The van der Waals surface area contributed by atoms with Crippen LogP contribution in [-0.2, 0) is 22.5 Å². The Morgan fingerprint density at radius 1 is 1.33 bits per heavy atom. The maximum absolute atomic E-state index is 14.3. The number of methoxy groups -OCH3 is 1. The predicted octanol–water partition coefficient (Wildman–Crippen LogP) is 4.61. The minimum absolute atomic E-state index is 0.139. The Hall–Kier alpha value is -1.63. The first-order valence-electron chi connectivity index (χ1n) is 8.58. The van der Waals surface area contributed by atoms with Crippen LogP contribution in [0.25, 0.3) is 0 Å². The van der Waals surface area contributed by atoms with Crippen molar-refractivity contribution in [2.24, 2.45) is 0 Å². The molecule has 144 valence electrons. The fourth-order valence-corrected chi connectivity index (χ4v) is 4.10. The monoisotopic (exact) mass is 455 g/mol. The first kappa shape index (κ1) is 20.1. The van der Waals surface area contributed by atoms with Crippen LogP contribution in [0, 0.1) is 5.82 Å². The van der Waals surface area contributed by atoms with Gasteiger partial charge in [0.05, 0.1) is 13.2 Å². The van der Waals surface area contributed by atoms with E-state index in [2.05, 4.69) is 15.9 Å². The highest BCUT2D eigenvalue weighted by Gasteiger charge is 2.34. The minimum atomic E-state index is -0.737. The van der Waals surface area contributed by atoms with Crippen molar-refractivity contribution in [3.05, 3.63) is 62.8 Å². The second-order valence-electron chi connectivity index (χ2n) is 6.55. The van der Waals surface area contributed by atoms with E-state index in [9.17, 15) is 9.18 Å². The van der Waals surface area contributed by atoms with Gasteiger partial charge in [0, 0.05) is 34.6 Å². The van der Waals surface area contributed by atoms with Crippen LogP contribution in [0.4, 0.5) is 4.39 Å². The molecule has 1 amide bonds. The number of rotatable bonds is 5. The maximum atomic E-state index is 14.3. The molecule has 1 unspecified atom stereocenters. The van der Waals surface area contributed by atoms with Gasteiger partial charge in [-0.1, -0.05) is 39.7 Å². The average Bonchev–Trinajstić information content (AvgIpc) is 2.62. The fourth-order valence-electron chi connectivity index (χ4n) is 3.17. The molecule has 1 aliphatic heterocycles. The molecule has 1 fully saturated rings. The summed E-state index contributed by atoms with van der Waals surface area (Å²) >= 11 is 9.19. The molecule has 7 heteroatoms. The number of carbonyl (C=O) groups excluding carboxylic acids is 1. The number of halogens is 3. The summed E-state index contributed by atoms with van der Waals surface area (Å²) in [6.07, 6.45) is -0.731. The summed E-state index contributed by atoms with van der Waals surface area (Å²) in [6.45, 7) is 2.87. The first-order chi connectivity index (χ1) is 12.9. The second-order valence-corrected chi connectivity index (χ2v) is 7.85. The van der Waals surface area contributed by atoms with E-state index in [0.717, 1.165) is 11.3 Å². The van der Waals surface area contributed by atoms with E-state index in [4.69, 9.17) is 21.1 Å². The van der Waals surface area contributed by atoms with Crippen LogP contribution in [0.5, 0.6) is 5.75 Å². The van der Waals surface area contributed by atoms with Crippen LogP contribution in [-0.4, -0.2) is 36.7 Å². The van der Waals surface area contributed by atoms with Gasteiger partial charge >= 0.3 is 0 Å². The van der Waals surface area contributed by atoms with Crippen molar-refractivity contribution in [2.45, 2.75) is 32.1 Å². The van der Waals surface area contributed by atoms with Crippen molar-refractivity contribution in [1.29, 1.82) is 0 Å². The first-order valence-corrected chi connectivity index (χ1v) is 9.75. The molecule has 3 rings (SSSR count). The number of benzene rings is 2. The van der Waals surface area contributed by atoms with Gasteiger partial charge in [0.2, 0.25) is 0 Å². The van der Waals surface area contributed by atoms with E-state index in [1.54, 1.807) is 18.1 Å². The molecule has 0 saturated carbocycles. The lowest BCUT2D eigenvalue weighted by Gasteiger charge is -2.36. The SMILES string of the molecule is COc1ccc(CN2C[C@H](C)OC(Cc3c(F)cc(Cl)cc3Br)C2=O)cc1. The van der Waals surface area contributed by atoms with Crippen LogP contribution >= 0.6 is 27.5 Å². The summed E-state index contributed by atoms with van der Waals surface area (Å²) in [6, 6.07) is 10.4. The molecule has 27 heavy (non-hydrogen) atoms. The quantitative estimate of drug-likeness (QED) is 0.659. The normalized spacial score (nSPS) is 20.0. The van der Waals surface area contributed by atoms with E-state index in [0.29, 0.717) is 28.1 Å². The Morgan fingerprint density at radius 3 is 2.67 bits per heavy atom. The van der Waals surface area contributed by atoms with Crippen molar-refractivity contribution in [3.8, 4) is 5.75 Å². The molecule has 1 saturated heterocycles. The molecule has 2 aromatic carbocycles. The standard InChI is InChI=1S/C20H20BrClFNO3/c1-12-10-24(11-13-3-5-15(26-2)6-4-13)20(25)19(27-12)9-16-17(21)7-14(22)8-18(16)23/h3-8,12,19H,9-11H2,1-2H3/t12-,19?/m0/s1. The molecule has 2 atom stereocenters. The summed E-state index contributed by atoms with van der Waals surface area (Å²) in [4.78, 5) is 14.7. The second kappa shape index (κ2) is 8.59. The van der Waals surface area contributed by atoms with E-state index in [-0.39, 0.29) is 18.4 Å². The Bertz CT molecular complexity index is 807. The lowest BCUT2D eigenvalue weighted by Crippen LogP contribution is -2.51. The van der Waals surface area contributed by atoms with Gasteiger partial charge in [-0.2, -0.15) is 0 Å². The smallest absolute Gasteiger partial charge is 0.252 e. The Morgan fingerprint density at radius 2 is 2.04 bits per heavy atom. The maximum Gasteiger partial charge on any atom is 0.252 e. The molecule has 0 N–H and O–H groups in total. The minimum Gasteiger partial charge on any atom is -0.497 e. The number of hydrogen-bond donors (Lipinski definition) is 0. The Labute approximate surface area is 171 Å². The fraction of sp³-hybridized carbons (Fsp3) is 0.350. The molecule has 0 bridgehead atoms. The zero-order valence-corrected chi connectivity index (χ0v) is 17.4. The van der Waals surface area contributed by atoms with Crippen molar-refractivity contribution in [2.75, 3.05) is 13.7 Å². The van der Waals surface area contributed by atoms with Crippen LogP contribution in [0.2, 0.25) is 5.02 Å². The average molecular weight is 457 g/mol. The van der Waals surface area contributed by atoms with Crippen LogP contribution in [0.15, 0.2) is 40.9 Å². The van der Waals surface area contributed by atoms with Gasteiger partial charge in [-0.3, -0.25) is 4.79 Å². The van der Waals surface area contributed by atoms with Gasteiger partial charge in [0.1, 0.15) is 17.7 Å². The lowest BCUT2D eigenvalue weighted by atomic mass is 10.0. The van der Waals surface area contributed by atoms with Crippen LogP contribution < -0.4 is 4.74 Å². The molecule has 1 heterocycles. The van der Waals surface area contributed by atoms with E-state index in [1.807, 2.05) is 31.2 Å². The summed E-state index contributed by atoms with van der Waals surface area (Å²) in [5.41, 5.74) is 1.38. The van der Waals surface area contributed by atoms with Gasteiger partial charge < -0.3 is 14.4 Å². The number of nitrogens with zero attached hydrogens (tertiary/aromatic N) is 1. The van der Waals surface area contributed by atoms with Crippen LogP contribution in [0.1, 0.15) is 18.1 Å². The zero-order chi connectivity index (χ0) is 19.6. The van der Waals surface area contributed by atoms with E-state index < -0.39 is 11.9 Å². The van der Waals surface area contributed by atoms with Crippen LogP contribution in [0.3, 0.4) is 0 Å². The molecule has 4 nitrogen and oxygen atoms in total. The largest absolute Gasteiger partial charge is 0.497 e. The lowest BCUT2D eigenvalue weighted by molar-refractivity contribution is -0.161. The molecule has 2 aromatic rings. The summed E-state index contributed by atoms with van der Waals surface area (Å²) < 4.78 is 25.8. The third kappa shape index (κ3) is 4.81. The van der Waals surface area contributed by atoms with Gasteiger partial charge in [0.15, 0.2) is 0 Å². The molecule has 1 aliphatic rings. The zero-order valence-electron chi connectivity index (χ0n) is 15.0. The number of amides is 1. The van der Waals surface area contributed by atoms with Crippen molar-refractivity contribution >= 4 is 33.4 Å². The molecule has 0 aliphatic carbocycles. The topological polar surface area (TPSA) is 38.8 Å². The van der Waals surface area contributed by atoms with E-state index >= 15 is 0 Å². The molecule has 0 aromatic heterocycles. The van der Waals surface area contributed by atoms with E-state index in [1.165, 1.54) is 6.07 Å². The number of morpholine rings is 1. The third-order valence-electron chi connectivity index (χ3n) is 4.49. The molecular weight excluding hydrogens is 437 g/mol. The summed E-state index contributed by atoms with van der Waals surface area (Å²) in [7, 11) is 1.61. The van der Waals surface area contributed by atoms with Crippen molar-refractivity contribution < 1.29 is 18.7 Å². The highest BCUT2D eigenvalue weighted by atomic mass is 79.9. The Kier molecular flexibility index (Phi) is 6.40. The third-order valence-corrected chi connectivity index (χ3v) is 5.41. The van der Waals surface area contributed by atoms with Gasteiger partial charge in [-0.15, -0.1) is 0 Å². The molecular formula is C20H20BrClFNO3. The number of hydrogen-bond acceptors (Lipinski definition) is 3. The molecule has 0 spiro atoms. The van der Waals surface area contributed by atoms with Gasteiger partial charge in [-0.25, -0.2) is 4.39 Å². The van der Waals surface area contributed by atoms with Gasteiger partial charge in [0.25, 0.3) is 5.91 Å². The summed E-state index contributed by atoms with van der Waals surface area (Å²) in [5.74, 6) is 0.164. The summed E-state index contributed by atoms with van der Waals surface area (Å²) in [5, 5.41) is 0.300. The van der Waals surface area contributed by atoms with Gasteiger partial charge in [-0.05, 0) is 36.8 Å². The number of ether oxygens (including phenoxy) is 2. The number of carbonyl (C=O) groups is 1. The molecule has 0 radical (unpaired) electrons. The van der Waals surface area contributed by atoms with Crippen molar-refractivity contribution in [1.82, 2.24) is 4.90 Å². The Balaban J connectivity index is 1.76.